The van der Waals surface area contributed by atoms with Crippen LogP contribution in [-0.4, -0.2) is 66.4 Å². The summed E-state index contributed by atoms with van der Waals surface area (Å²) in [6.45, 7) is 0.752. The SMILES string of the molecule is [2H]OC(=O)Cn1nnc(-c2cnc(N3CCC4(CC3)CC(O)c3c(OC(F)(F)F)cccc3O4)s2)n1. The van der Waals surface area contributed by atoms with Crippen LogP contribution >= 0.6 is 11.3 Å². The van der Waals surface area contributed by atoms with Gasteiger partial charge in [0.15, 0.2) is 11.7 Å². The van der Waals surface area contributed by atoms with Crippen LogP contribution in [0, 0.1) is 0 Å². The van der Waals surface area contributed by atoms with Crippen molar-refractivity contribution < 1.29 is 37.7 Å². The van der Waals surface area contributed by atoms with Gasteiger partial charge in [0.05, 0.1) is 22.7 Å². The van der Waals surface area contributed by atoms with Crippen LogP contribution in [0.5, 0.6) is 11.5 Å². The van der Waals surface area contributed by atoms with Gasteiger partial charge in [0.1, 0.15) is 17.1 Å². The summed E-state index contributed by atoms with van der Waals surface area (Å²) in [6, 6.07) is 4.10. The number of thiazole rings is 1. The van der Waals surface area contributed by atoms with Crippen molar-refractivity contribution in [2.75, 3.05) is 18.0 Å². The number of halogens is 3. The predicted molar refractivity (Wildman–Crippen MR) is 114 cm³/mol. The molecular formula is C20H19F3N6O5S. The van der Waals surface area contributed by atoms with Gasteiger partial charge in [-0.25, -0.2) is 4.98 Å². The maximum absolute atomic E-state index is 12.8. The fraction of sp³-hybridized carbons (Fsp3) is 0.450. The van der Waals surface area contributed by atoms with Gasteiger partial charge >= 0.3 is 12.3 Å². The number of nitrogens with zero attached hydrogens (tertiary/aromatic N) is 6. The molecule has 0 amide bonds. The smallest absolute Gasteiger partial charge is 0.486 e. The minimum atomic E-state index is -4.88. The molecule has 1 spiro atoms. The fourth-order valence-corrected chi connectivity index (χ4v) is 5.23. The van der Waals surface area contributed by atoms with Gasteiger partial charge in [-0.05, 0) is 17.3 Å². The van der Waals surface area contributed by atoms with E-state index in [0.29, 0.717) is 35.9 Å². The first-order valence-electron chi connectivity index (χ1n) is 11.0. The van der Waals surface area contributed by atoms with E-state index in [2.05, 4.69) is 30.2 Å². The number of anilines is 1. The number of hydrogen-bond donors (Lipinski definition) is 2. The van der Waals surface area contributed by atoms with Gasteiger partial charge in [0.2, 0.25) is 5.82 Å². The van der Waals surface area contributed by atoms with Crippen molar-refractivity contribution in [2.45, 2.75) is 43.9 Å². The van der Waals surface area contributed by atoms with Gasteiger partial charge in [0.25, 0.3) is 1.43 Å². The average molecular weight is 513 g/mol. The third-order valence-electron chi connectivity index (χ3n) is 5.86. The van der Waals surface area contributed by atoms with Crippen LogP contribution in [0.3, 0.4) is 0 Å². The molecule has 15 heteroatoms. The molecule has 186 valence electrons. The van der Waals surface area contributed by atoms with E-state index in [4.69, 9.17) is 6.17 Å². The topological polar surface area (TPSA) is 136 Å². The van der Waals surface area contributed by atoms with E-state index < -0.39 is 29.8 Å². The predicted octanol–water partition coefficient (Wildman–Crippen LogP) is 2.63. The third kappa shape index (κ3) is 4.86. The molecule has 0 radical (unpaired) electrons. The largest absolute Gasteiger partial charge is 0.573 e. The van der Waals surface area contributed by atoms with Crippen LogP contribution in [0.25, 0.3) is 12.1 Å². The maximum Gasteiger partial charge on any atom is 0.573 e. The molecule has 1 saturated heterocycles. The summed E-state index contributed by atoms with van der Waals surface area (Å²) in [5, 5.41) is 27.0. The first kappa shape index (κ1) is 22.0. The Hall–Kier alpha value is -3.46. The van der Waals surface area contributed by atoms with E-state index in [0.717, 1.165) is 10.9 Å². The van der Waals surface area contributed by atoms with Crippen molar-refractivity contribution in [3.05, 3.63) is 30.0 Å². The lowest BCUT2D eigenvalue weighted by Crippen LogP contribution is -2.50. The number of aliphatic hydroxyl groups is 1. The van der Waals surface area contributed by atoms with Gasteiger partial charge in [0, 0.05) is 32.4 Å². The first-order chi connectivity index (χ1) is 17.1. The Morgan fingerprint density at radius 3 is 2.91 bits per heavy atom. The Bertz CT molecular complexity index is 1260. The number of carboxylic acids is 1. The van der Waals surface area contributed by atoms with Crippen molar-refractivity contribution in [2.24, 2.45) is 0 Å². The maximum atomic E-state index is 12.8. The van der Waals surface area contributed by atoms with Gasteiger partial charge in [-0.15, -0.1) is 23.4 Å². The minimum Gasteiger partial charge on any atom is -0.486 e. The molecule has 2 aromatic heterocycles. The number of alkyl halides is 3. The molecular weight excluding hydrogens is 493 g/mol. The Morgan fingerprint density at radius 2 is 2.17 bits per heavy atom. The molecule has 2 aliphatic heterocycles. The molecule has 2 aliphatic rings. The van der Waals surface area contributed by atoms with E-state index in [-0.39, 0.29) is 30.1 Å². The summed E-state index contributed by atoms with van der Waals surface area (Å²) in [7, 11) is 0. The second-order valence-electron chi connectivity index (χ2n) is 8.23. The van der Waals surface area contributed by atoms with E-state index in [9.17, 15) is 23.1 Å². The highest BCUT2D eigenvalue weighted by Crippen LogP contribution is 2.48. The van der Waals surface area contributed by atoms with E-state index in [1.165, 1.54) is 23.5 Å². The molecule has 4 heterocycles. The van der Waals surface area contributed by atoms with Crippen molar-refractivity contribution in [1.29, 1.82) is 1.43 Å². The van der Waals surface area contributed by atoms with Crippen molar-refractivity contribution in [1.82, 2.24) is 25.2 Å². The van der Waals surface area contributed by atoms with E-state index in [1.807, 2.05) is 4.90 Å². The number of aromatic nitrogens is 5. The second kappa shape index (κ2) is 8.64. The second-order valence-corrected chi connectivity index (χ2v) is 9.24. The Balaban J connectivity index is 1.26. The van der Waals surface area contributed by atoms with E-state index >= 15 is 0 Å². The minimum absolute atomic E-state index is 0.00368. The molecule has 5 rings (SSSR count). The number of ether oxygens (including phenoxy) is 2. The highest BCUT2D eigenvalue weighted by atomic mass is 32.1. The summed E-state index contributed by atoms with van der Waals surface area (Å²) in [4.78, 5) is 19.3. The number of carbonyl (C=O) groups is 1. The fourth-order valence-electron chi connectivity index (χ4n) is 4.33. The van der Waals surface area contributed by atoms with Crippen molar-refractivity contribution in [3.8, 4) is 22.2 Å². The van der Waals surface area contributed by atoms with E-state index in [1.54, 1.807) is 6.20 Å². The summed E-state index contributed by atoms with van der Waals surface area (Å²) in [5.74, 6) is -0.827. The standard InChI is InChI=1S/C20H19F3N6O5S/c21-20(22,23)34-13-3-1-2-12-16(13)11(30)8-19(33-12)4-6-28(7-5-19)18-24-9-14(35-18)17-25-27-29(26-17)10-15(31)32/h1-3,9,11,30H,4-8,10H2,(H,31,32)/i/hD. The summed E-state index contributed by atoms with van der Waals surface area (Å²) in [6.07, 6.45) is -3.26. The molecule has 0 saturated carbocycles. The average Bonchev–Trinajstić information content (AvgIpc) is 3.48. The van der Waals surface area contributed by atoms with Gasteiger partial charge in [-0.3, -0.25) is 4.79 Å². The summed E-state index contributed by atoms with van der Waals surface area (Å²) in [5.41, 5.74) is -0.722. The number of aliphatic carboxylic acids is 1. The third-order valence-corrected chi connectivity index (χ3v) is 6.91. The Morgan fingerprint density at radius 1 is 1.37 bits per heavy atom. The highest BCUT2D eigenvalue weighted by molar-refractivity contribution is 7.18. The molecule has 2 N–H and O–H groups in total. The number of rotatable bonds is 5. The van der Waals surface area contributed by atoms with Crippen LogP contribution < -0.4 is 14.4 Å². The molecule has 0 bridgehead atoms. The number of benzene rings is 1. The Labute approximate surface area is 201 Å². The number of aliphatic hydroxyl groups excluding tert-OH is 1. The van der Waals surface area contributed by atoms with Crippen molar-refractivity contribution in [3.63, 3.8) is 0 Å². The zero-order valence-corrected chi connectivity index (χ0v) is 18.8. The first-order valence-corrected chi connectivity index (χ1v) is 11.4. The quantitative estimate of drug-likeness (QED) is 0.524. The lowest BCUT2D eigenvalue weighted by atomic mass is 9.81. The number of piperidine rings is 1. The lowest BCUT2D eigenvalue weighted by Gasteiger charge is -2.46. The zero-order chi connectivity index (χ0) is 25.5. The molecule has 1 fully saturated rings. The van der Waals surface area contributed by atoms with Crippen LogP contribution in [0.4, 0.5) is 18.3 Å². The van der Waals surface area contributed by atoms with Crippen LogP contribution in [-0.2, 0) is 11.3 Å². The highest BCUT2D eigenvalue weighted by Gasteiger charge is 2.45. The van der Waals surface area contributed by atoms with Crippen LogP contribution in [0.1, 0.15) is 30.9 Å². The summed E-state index contributed by atoms with van der Waals surface area (Å²) < 4.78 is 55.1. The summed E-state index contributed by atoms with van der Waals surface area (Å²) >= 11 is 1.33. The Kier molecular flexibility index (Phi) is 5.44. The van der Waals surface area contributed by atoms with Gasteiger partial charge in [-0.2, -0.15) is 4.80 Å². The normalized spacial score (nSPS) is 19.6. The number of tetrazole rings is 1. The van der Waals surface area contributed by atoms with Gasteiger partial charge in [-0.1, -0.05) is 17.4 Å². The monoisotopic (exact) mass is 513 g/mol. The number of carboxylic acid groups (broad SMARTS) is 1. The molecule has 11 nitrogen and oxygen atoms in total. The molecule has 3 aromatic rings. The van der Waals surface area contributed by atoms with Crippen LogP contribution in [0.15, 0.2) is 24.4 Å². The van der Waals surface area contributed by atoms with Crippen LogP contribution in [0.2, 0.25) is 0 Å². The van der Waals surface area contributed by atoms with Gasteiger partial charge < -0.3 is 24.6 Å². The number of fused-ring (bicyclic) bond motifs is 1. The zero-order valence-electron chi connectivity index (χ0n) is 18.9. The van der Waals surface area contributed by atoms with Crippen molar-refractivity contribution >= 4 is 22.4 Å². The molecule has 0 aliphatic carbocycles. The molecule has 35 heavy (non-hydrogen) atoms. The number of hydrogen-bond acceptors (Lipinski definition) is 11. The lowest BCUT2D eigenvalue weighted by molar-refractivity contribution is -0.275. The molecule has 1 aromatic carbocycles. The molecule has 1 atom stereocenters. The molecule has 1 unspecified atom stereocenters.